The second kappa shape index (κ2) is 8.50. The first-order chi connectivity index (χ1) is 16.0. The third-order valence-electron chi connectivity index (χ3n) is 6.02. The van der Waals surface area contributed by atoms with Crippen molar-refractivity contribution in [1.82, 2.24) is 14.9 Å². The van der Waals surface area contributed by atoms with Crippen LogP contribution < -0.4 is 24.4 Å². The summed E-state index contributed by atoms with van der Waals surface area (Å²) >= 11 is 0. The Balaban J connectivity index is 1.35. The van der Waals surface area contributed by atoms with Crippen LogP contribution >= 0.6 is 0 Å². The Morgan fingerprint density at radius 2 is 1.97 bits per heavy atom. The Kier molecular flexibility index (Phi) is 5.37. The Morgan fingerprint density at radius 3 is 2.70 bits per heavy atom. The van der Waals surface area contributed by atoms with Crippen LogP contribution in [-0.2, 0) is 16.6 Å². The SMILES string of the molecule is COc1ccc([C@H](NC(=O)[C@@H]2CC(=O)N(c3ccc4c(c3)OCO4)C2)c2nccn2C)cc1. The zero-order valence-electron chi connectivity index (χ0n) is 18.4. The van der Waals surface area contributed by atoms with Crippen LogP contribution in [0.5, 0.6) is 17.2 Å². The van der Waals surface area contributed by atoms with Gasteiger partial charge in [0.25, 0.3) is 0 Å². The van der Waals surface area contributed by atoms with Crippen LogP contribution in [0.3, 0.4) is 0 Å². The van der Waals surface area contributed by atoms with E-state index in [4.69, 9.17) is 14.2 Å². The minimum atomic E-state index is -0.482. The Hall–Kier alpha value is -4.01. The minimum Gasteiger partial charge on any atom is -0.497 e. The number of anilines is 1. The number of hydrogen-bond donors (Lipinski definition) is 1. The molecule has 0 spiro atoms. The van der Waals surface area contributed by atoms with Crippen LogP contribution in [0.15, 0.2) is 54.9 Å². The summed E-state index contributed by atoms with van der Waals surface area (Å²) in [5.41, 5.74) is 1.56. The Labute approximate surface area is 190 Å². The second-order valence-electron chi connectivity index (χ2n) is 8.05. The van der Waals surface area contributed by atoms with Crippen molar-refractivity contribution in [2.24, 2.45) is 13.0 Å². The van der Waals surface area contributed by atoms with Gasteiger partial charge in [-0.3, -0.25) is 9.59 Å². The number of aryl methyl sites for hydroxylation is 1. The molecule has 2 amide bonds. The van der Waals surface area contributed by atoms with Gasteiger partial charge in [0.1, 0.15) is 17.6 Å². The number of benzene rings is 2. The van der Waals surface area contributed by atoms with Gasteiger partial charge < -0.3 is 29.0 Å². The predicted molar refractivity (Wildman–Crippen MR) is 119 cm³/mol. The van der Waals surface area contributed by atoms with Crippen LogP contribution in [0.2, 0.25) is 0 Å². The minimum absolute atomic E-state index is 0.105. The molecule has 1 saturated heterocycles. The highest BCUT2D eigenvalue weighted by molar-refractivity contribution is 6.00. The van der Waals surface area contributed by atoms with E-state index < -0.39 is 12.0 Å². The normalized spacial score (nSPS) is 17.8. The maximum Gasteiger partial charge on any atom is 0.231 e. The van der Waals surface area contributed by atoms with Crippen molar-refractivity contribution in [1.29, 1.82) is 0 Å². The molecule has 2 aliphatic heterocycles. The van der Waals surface area contributed by atoms with Gasteiger partial charge in [0, 0.05) is 44.2 Å². The van der Waals surface area contributed by atoms with Gasteiger partial charge in [-0.15, -0.1) is 0 Å². The van der Waals surface area contributed by atoms with E-state index in [1.807, 2.05) is 42.1 Å². The summed E-state index contributed by atoms with van der Waals surface area (Å²) in [4.78, 5) is 32.1. The summed E-state index contributed by atoms with van der Waals surface area (Å²) in [5.74, 6) is 1.89. The molecule has 5 rings (SSSR count). The molecule has 0 unspecified atom stereocenters. The van der Waals surface area contributed by atoms with E-state index in [9.17, 15) is 9.59 Å². The number of nitrogens with zero attached hydrogens (tertiary/aromatic N) is 3. The summed E-state index contributed by atoms with van der Waals surface area (Å²) in [6, 6.07) is 12.4. The summed E-state index contributed by atoms with van der Waals surface area (Å²) in [7, 11) is 3.49. The molecule has 0 radical (unpaired) electrons. The third kappa shape index (κ3) is 3.97. The van der Waals surface area contributed by atoms with E-state index in [0.29, 0.717) is 29.6 Å². The topological polar surface area (TPSA) is 94.9 Å². The largest absolute Gasteiger partial charge is 0.497 e. The van der Waals surface area contributed by atoms with E-state index in [0.717, 1.165) is 11.3 Å². The van der Waals surface area contributed by atoms with E-state index in [1.165, 1.54) is 0 Å². The van der Waals surface area contributed by atoms with Crippen molar-refractivity contribution in [2.45, 2.75) is 12.5 Å². The number of methoxy groups -OCH3 is 1. The van der Waals surface area contributed by atoms with Crippen LogP contribution in [-0.4, -0.2) is 41.8 Å². The zero-order chi connectivity index (χ0) is 22.9. The van der Waals surface area contributed by atoms with Gasteiger partial charge >= 0.3 is 0 Å². The molecule has 9 heteroatoms. The standard InChI is InChI=1S/C24H24N4O5/c1-27-10-9-25-23(27)22(15-3-6-18(31-2)7-4-15)26-24(30)16-11-21(29)28(13-16)17-5-8-19-20(12-17)33-14-32-19/h3-10,12,16,22H,11,13-14H2,1-2H3,(H,26,30)/t16-,22+/m1/s1. The number of fused-ring (bicyclic) bond motifs is 1. The van der Waals surface area contributed by atoms with Crippen LogP contribution in [0.4, 0.5) is 5.69 Å². The second-order valence-corrected chi connectivity index (χ2v) is 8.05. The molecule has 1 aromatic heterocycles. The molecule has 33 heavy (non-hydrogen) atoms. The van der Waals surface area contributed by atoms with Crippen LogP contribution in [0, 0.1) is 5.92 Å². The van der Waals surface area contributed by atoms with E-state index in [2.05, 4.69) is 10.3 Å². The number of carbonyl (C=O) groups excluding carboxylic acids is 2. The Bertz CT molecular complexity index is 1190. The smallest absolute Gasteiger partial charge is 0.231 e. The molecular formula is C24H24N4O5. The number of hydrogen-bond acceptors (Lipinski definition) is 6. The number of carbonyl (C=O) groups is 2. The molecule has 3 heterocycles. The fraction of sp³-hybridized carbons (Fsp3) is 0.292. The van der Waals surface area contributed by atoms with Crippen LogP contribution in [0.1, 0.15) is 23.9 Å². The summed E-state index contributed by atoms with van der Waals surface area (Å²) < 4.78 is 17.9. The molecule has 0 bridgehead atoms. The number of nitrogens with one attached hydrogen (secondary N) is 1. The molecule has 9 nitrogen and oxygen atoms in total. The summed E-state index contributed by atoms with van der Waals surface area (Å²) in [6.45, 7) is 0.456. The number of ether oxygens (including phenoxy) is 3. The molecule has 0 aliphatic carbocycles. The number of aromatic nitrogens is 2. The molecule has 2 atom stereocenters. The van der Waals surface area contributed by atoms with Gasteiger partial charge in [-0.2, -0.15) is 0 Å². The first kappa shape index (κ1) is 20.9. The molecule has 2 aromatic carbocycles. The lowest BCUT2D eigenvalue weighted by Gasteiger charge is -2.22. The predicted octanol–water partition coefficient (Wildman–Crippen LogP) is 2.42. The quantitative estimate of drug-likeness (QED) is 0.622. The molecule has 2 aliphatic rings. The lowest BCUT2D eigenvalue weighted by Crippen LogP contribution is -2.37. The van der Waals surface area contributed by atoms with Crippen molar-refractivity contribution in [3.63, 3.8) is 0 Å². The highest BCUT2D eigenvalue weighted by Gasteiger charge is 2.37. The first-order valence-electron chi connectivity index (χ1n) is 10.6. The highest BCUT2D eigenvalue weighted by atomic mass is 16.7. The average molecular weight is 448 g/mol. The van der Waals surface area contributed by atoms with Gasteiger partial charge in [0.2, 0.25) is 18.6 Å². The number of amides is 2. The van der Waals surface area contributed by atoms with Crippen molar-refractivity contribution >= 4 is 17.5 Å². The Morgan fingerprint density at radius 1 is 1.18 bits per heavy atom. The zero-order valence-corrected chi connectivity index (χ0v) is 18.4. The molecule has 3 aromatic rings. The van der Waals surface area contributed by atoms with E-state index >= 15 is 0 Å². The van der Waals surface area contributed by atoms with E-state index in [-0.39, 0.29) is 25.0 Å². The molecular weight excluding hydrogens is 424 g/mol. The fourth-order valence-electron chi connectivity index (χ4n) is 4.19. The summed E-state index contributed by atoms with van der Waals surface area (Å²) in [6.07, 6.45) is 3.66. The fourth-order valence-corrected chi connectivity index (χ4v) is 4.19. The number of rotatable bonds is 6. The van der Waals surface area contributed by atoms with E-state index in [1.54, 1.807) is 36.4 Å². The van der Waals surface area contributed by atoms with Crippen molar-refractivity contribution in [3.05, 3.63) is 66.2 Å². The lowest BCUT2D eigenvalue weighted by molar-refractivity contribution is -0.126. The average Bonchev–Trinajstić information content (AvgIpc) is 3.56. The summed E-state index contributed by atoms with van der Waals surface area (Å²) in [5, 5.41) is 3.10. The van der Waals surface area contributed by atoms with Gasteiger partial charge in [-0.1, -0.05) is 12.1 Å². The van der Waals surface area contributed by atoms with Crippen molar-refractivity contribution in [3.8, 4) is 17.2 Å². The van der Waals surface area contributed by atoms with Crippen molar-refractivity contribution < 1.29 is 23.8 Å². The molecule has 1 fully saturated rings. The molecule has 0 saturated carbocycles. The van der Waals surface area contributed by atoms with Crippen molar-refractivity contribution in [2.75, 3.05) is 25.3 Å². The maximum absolute atomic E-state index is 13.3. The van der Waals surface area contributed by atoms with Gasteiger partial charge in [-0.05, 0) is 29.8 Å². The van der Waals surface area contributed by atoms with Gasteiger partial charge in [0.15, 0.2) is 11.5 Å². The molecule has 1 N–H and O–H groups in total. The number of imidazole rings is 1. The monoisotopic (exact) mass is 448 g/mol. The van der Waals surface area contributed by atoms with Crippen LogP contribution in [0.25, 0.3) is 0 Å². The molecule has 170 valence electrons. The van der Waals surface area contributed by atoms with Gasteiger partial charge in [0.05, 0.1) is 13.0 Å². The lowest BCUT2D eigenvalue weighted by atomic mass is 10.0. The third-order valence-corrected chi connectivity index (χ3v) is 6.02. The highest BCUT2D eigenvalue weighted by Crippen LogP contribution is 2.37. The first-order valence-corrected chi connectivity index (χ1v) is 10.6. The van der Waals surface area contributed by atoms with Gasteiger partial charge in [-0.25, -0.2) is 4.98 Å². The maximum atomic E-state index is 13.3.